The molecule has 2 aromatic rings. The average Bonchev–Trinajstić information content (AvgIpc) is 2.99. The quantitative estimate of drug-likeness (QED) is 0.493. The van der Waals surface area contributed by atoms with Crippen LogP contribution in [0.3, 0.4) is 0 Å². The van der Waals surface area contributed by atoms with Gasteiger partial charge in [-0.3, -0.25) is 4.79 Å². The number of nitrogens with one attached hydrogen (secondary N) is 1. The summed E-state index contributed by atoms with van der Waals surface area (Å²) < 4.78 is 24.4. The first-order valence-corrected chi connectivity index (χ1v) is 7.86. The molecule has 3 nitrogen and oxygen atoms in total. The van der Waals surface area contributed by atoms with Crippen LogP contribution in [0.1, 0.15) is 4.88 Å². The Bertz CT molecular complexity index is 704. The van der Waals surface area contributed by atoms with E-state index in [9.17, 15) is 13.6 Å². The highest BCUT2D eigenvalue weighted by molar-refractivity contribution is 7.99. The second-order valence-electron chi connectivity index (χ2n) is 4.04. The van der Waals surface area contributed by atoms with E-state index in [0.29, 0.717) is 22.3 Å². The summed E-state index contributed by atoms with van der Waals surface area (Å²) in [7, 11) is 0. The summed E-state index contributed by atoms with van der Waals surface area (Å²) in [6.07, 6.45) is 1.50. The number of amides is 1. The van der Waals surface area contributed by atoms with Crippen LogP contribution in [-0.2, 0) is 4.79 Å². The Morgan fingerprint density at radius 2 is 2.05 bits per heavy atom. The van der Waals surface area contributed by atoms with E-state index in [1.165, 1.54) is 41.7 Å². The van der Waals surface area contributed by atoms with Crippen LogP contribution in [0.4, 0.5) is 14.5 Å². The zero-order chi connectivity index (χ0) is 15.9. The first-order chi connectivity index (χ1) is 10.6. The molecule has 1 aromatic heterocycles. The molecule has 1 heterocycles. The minimum Gasteiger partial charge on any atom is -0.321 e. The Hall–Kier alpha value is -2.17. The zero-order valence-corrected chi connectivity index (χ0v) is 12.8. The fraction of sp³-hybridized carbons (Fsp3) is 0.0667. The van der Waals surface area contributed by atoms with E-state index in [0.717, 1.165) is 4.88 Å². The molecule has 112 valence electrons. The van der Waals surface area contributed by atoms with E-state index in [4.69, 9.17) is 5.26 Å². The highest BCUT2D eigenvalue weighted by atomic mass is 32.2. The highest BCUT2D eigenvalue weighted by Crippen LogP contribution is 2.26. The van der Waals surface area contributed by atoms with E-state index in [1.807, 2.05) is 17.5 Å². The number of carbonyl (C=O) groups excluding carboxylic acids is 1. The van der Waals surface area contributed by atoms with Crippen LogP contribution in [0.25, 0.3) is 6.08 Å². The van der Waals surface area contributed by atoms with Crippen molar-refractivity contribution in [2.24, 2.45) is 0 Å². The van der Waals surface area contributed by atoms with Crippen molar-refractivity contribution >= 4 is 40.8 Å². The number of nitrogens with zero attached hydrogens (tertiary/aromatic N) is 1. The molecule has 0 fully saturated rings. The summed E-state index contributed by atoms with van der Waals surface area (Å²) in [5.41, 5.74) is 0.421. The summed E-state index contributed by atoms with van der Waals surface area (Å²) in [5, 5.41) is 13.5. The van der Waals surface area contributed by atoms with Gasteiger partial charge >= 0.3 is 0 Å². The topological polar surface area (TPSA) is 52.9 Å². The summed E-state index contributed by atoms with van der Waals surface area (Å²) in [6.45, 7) is 0. The van der Waals surface area contributed by atoms with Crippen LogP contribution in [0, 0.1) is 11.3 Å². The number of thioether (sulfide) groups is 1. The number of carbonyl (C=O) groups is 1. The molecule has 2 rings (SSSR count). The number of anilines is 1. The Morgan fingerprint density at radius 3 is 2.59 bits per heavy atom. The van der Waals surface area contributed by atoms with Crippen LogP contribution in [0.2, 0.25) is 0 Å². The summed E-state index contributed by atoms with van der Waals surface area (Å²) in [4.78, 5) is 13.2. The fourth-order valence-electron chi connectivity index (χ4n) is 1.58. The number of hydrogen-bond donors (Lipinski definition) is 1. The average molecular weight is 336 g/mol. The van der Waals surface area contributed by atoms with Crippen LogP contribution in [0.15, 0.2) is 52.2 Å². The monoisotopic (exact) mass is 336 g/mol. The number of benzene rings is 1. The number of hydrogen-bond acceptors (Lipinski definition) is 4. The van der Waals surface area contributed by atoms with Crippen LogP contribution in [0.5, 0.6) is 0 Å². The number of rotatable bonds is 5. The number of alkyl halides is 2. The Morgan fingerprint density at radius 1 is 1.32 bits per heavy atom. The van der Waals surface area contributed by atoms with Crippen molar-refractivity contribution < 1.29 is 13.6 Å². The van der Waals surface area contributed by atoms with Crippen molar-refractivity contribution in [3.05, 3.63) is 52.2 Å². The van der Waals surface area contributed by atoms with E-state index in [-0.39, 0.29) is 5.57 Å². The molecule has 0 bridgehead atoms. The molecule has 0 unspecified atom stereocenters. The molecule has 1 N–H and O–H groups in total. The Balaban J connectivity index is 2.06. The molecule has 0 saturated carbocycles. The van der Waals surface area contributed by atoms with Crippen LogP contribution >= 0.6 is 23.1 Å². The predicted molar refractivity (Wildman–Crippen MR) is 84.8 cm³/mol. The normalized spacial score (nSPS) is 11.3. The third kappa shape index (κ3) is 4.69. The van der Waals surface area contributed by atoms with E-state index in [1.54, 1.807) is 6.07 Å². The maximum Gasteiger partial charge on any atom is 0.288 e. The van der Waals surface area contributed by atoms with Gasteiger partial charge in [0.25, 0.3) is 11.7 Å². The zero-order valence-electron chi connectivity index (χ0n) is 11.1. The third-order valence-electron chi connectivity index (χ3n) is 2.53. The van der Waals surface area contributed by atoms with Gasteiger partial charge in [-0.25, -0.2) is 0 Å². The maximum absolute atomic E-state index is 12.2. The Labute approximate surface area is 134 Å². The van der Waals surface area contributed by atoms with E-state index < -0.39 is 11.7 Å². The van der Waals surface area contributed by atoms with Gasteiger partial charge in [0.2, 0.25) is 0 Å². The Kier molecular flexibility index (Phi) is 5.69. The molecule has 7 heteroatoms. The molecule has 1 amide bonds. The van der Waals surface area contributed by atoms with E-state index >= 15 is 0 Å². The lowest BCUT2D eigenvalue weighted by atomic mass is 10.2. The predicted octanol–water partition coefficient (Wildman–Crippen LogP) is 4.61. The van der Waals surface area contributed by atoms with Crippen molar-refractivity contribution in [3.8, 4) is 6.07 Å². The van der Waals surface area contributed by atoms with Crippen LogP contribution in [-0.4, -0.2) is 11.7 Å². The second kappa shape index (κ2) is 7.73. The number of halogens is 2. The summed E-state index contributed by atoms with van der Waals surface area (Å²) in [5.74, 6) is -3.02. The molecule has 22 heavy (non-hydrogen) atoms. The summed E-state index contributed by atoms with van der Waals surface area (Å²) in [6, 6.07) is 11.5. The molecule has 0 aliphatic carbocycles. The lowest BCUT2D eigenvalue weighted by Gasteiger charge is -2.05. The van der Waals surface area contributed by atoms with E-state index in [2.05, 4.69) is 5.32 Å². The van der Waals surface area contributed by atoms with Crippen molar-refractivity contribution in [3.63, 3.8) is 0 Å². The molecule has 0 aliphatic heterocycles. The molecule has 1 aromatic carbocycles. The molecule has 0 atom stereocenters. The molecule has 0 aliphatic rings. The SMILES string of the molecule is N#C/C(=C\c1cccs1)C(=O)Nc1ccc(SC(F)F)cc1. The van der Waals surface area contributed by atoms with Crippen molar-refractivity contribution in [2.75, 3.05) is 5.32 Å². The minimum atomic E-state index is -2.49. The second-order valence-corrected chi connectivity index (χ2v) is 6.08. The van der Waals surface area contributed by atoms with Gasteiger partial charge in [0.05, 0.1) is 0 Å². The first-order valence-electron chi connectivity index (χ1n) is 6.10. The minimum absolute atomic E-state index is 0.0199. The molecule has 0 radical (unpaired) electrons. The summed E-state index contributed by atoms with van der Waals surface area (Å²) >= 11 is 1.85. The largest absolute Gasteiger partial charge is 0.321 e. The van der Waals surface area contributed by atoms with Crippen molar-refractivity contribution in [2.45, 2.75) is 10.7 Å². The lowest BCUT2D eigenvalue weighted by molar-refractivity contribution is -0.112. The lowest BCUT2D eigenvalue weighted by Crippen LogP contribution is -2.13. The maximum atomic E-state index is 12.2. The standard InChI is InChI=1S/C15H10F2N2OS2/c16-15(17)22-12-5-3-11(4-6-12)19-14(20)10(9-18)8-13-2-1-7-21-13/h1-8,15H,(H,19,20)/b10-8+. The third-order valence-corrected chi connectivity index (χ3v) is 4.07. The molecular formula is C15H10F2N2OS2. The first kappa shape index (κ1) is 16.2. The van der Waals surface area contributed by atoms with Gasteiger partial charge in [0.15, 0.2) is 0 Å². The number of nitriles is 1. The van der Waals surface area contributed by atoms with Gasteiger partial charge in [-0.1, -0.05) is 17.8 Å². The van der Waals surface area contributed by atoms with Gasteiger partial charge < -0.3 is 5.32 Å². The van der Waals surface area contributed by atoms with Crippen molar-refractivity contribution in [1.29, 1.82) is 5.26 Å². The molecular weight excluding hydrogens is 326 g/mol. The number of thiophene rings is 1. The molecule has 0 saturated heterocycles. The van der Waals surface area contributed by atoms with Gasteiger partial charge in [-0.2, -0.15) is 14.0 Å². The smallest absolute Gasteiger partial charge is 0.288 e. The van der Waals surface area contributed by atoms with Crippen molar-refractivity contribution in [1.82, 2.24) is 0 Å². The van der Waals surface area contributed by atoms with Gasteiger partial charge in [0, 0.05) is 15.5 Å². The van der Waals surface area contributed by atoms with Gasteiger partial charge in [-0.05, 0) is 41.8 Å². The van der Waals surface area contributed by atoms with Gasteiger partial charge in [-0.15, -0.1) is 11.3 Å². The van der Waals surface area contributed by atoms with Crippen LogP contribution < -0.4 is 5.32 Å². The molecule has 0 spiro atoms. The fourth-order valence-corrected chi connectivity index (χ4v) is 2.74. The van der Waals surface area contributed by atoms with Gasteiger partial charge in [0.1, 0.15) is 11.6 Å². The highest BCUT2D eigenvalue weighted by Gasteiger charge is 2.10.